The first-order valence-corrected chi connectivity index (χ1v) is 11.9. The minimum absolute atomic E-state index is 0.0365. The van der Waals surface area contributed by atoms with Gasteiger partial charge in [-0.2, -0.15) is 0 Å². The predicted molar refractivity (Wildman–Crippen MR) is 138 cm³/mol. The highest BCUT2D eigenvalue weighted by molar-refractivity contribution is 14.1. The highest BCUT2D eigenvalue weighted by Crippen LogP contribution is 2.57. The molecule has 2 aliphatic rings. The molecule has 2 amide bonds. The quantitative estimate of drug-likeness (QED) is 0.297. The number of hydrogen-bond donors (Lipinski definition) is 0. The molecular formula is C26H25IN2O5. The van der Waals surface area contributed by atoms with E-state index < -0.39 is 23.4 Å². The molecule has 0 aliphatic carbocycles. The van der Waals surface area contributed by atoms with Gasteiger partial charge in [-0.25, -0.2) is 9.59 Å². The second kappa shape index (κ2) is 8.90. The van der Waals surface area contributed by atoms with Crippen LogP contribution in [0.25, 0.3) is 0 Å². The van der Waals surface area contributed by atoms with Crippen LogP contribution in [0.5, 0.6) is 0 Å². The monoisotopic (exact) mass is 572 g/mol. The van der Waals surface area contributed by atoms with Crippen LogP contribution in [0.4, 0.5) is 16.2 Å². The van der Waals surface area contributed by atoms with Gasteiger partial charge in [-0.15, -0.1) is 6.58 Å². The van der Waals surface area contributed by atoms with E-state index in [1.165, 1.54) is 18.2 Å². The summed E-state index contributed by atoms with van der Waals surface area (Å²) < 4.78 is 11.6. The third-order valence-corrected chi connectivity index (χ3v) is 6.91. The third-order valence-electron chi connectivity index (χ3n) is 6.24. The fourth-order valence-electron chi connectivity index (χ4n) is 4.87. The van der Waals surface area contributed by atoms with Crippen molar-refractivity contribution >= 4 is 51.9 Å². The maximum Gasteiger partial charge on any atom is 0.418 e. The standard InChI is InChI=1S/C26H25IN2O5/c1-6-18-17-9-7-8-10-21(17)29(25(32)34-15(2)3)14-20(23(30)33-5)26(18)19-13-16(27)11-12-22(19)28(4)24(26)31/h6-15,18H,1H2,2-5H3/t18-,26-/m0/s1. The van der Waals surface area contributed by atoms with Crippen LogP contribution in [0.1, 0.15) is 30.9 Å². The average molecular weight is 572 g/mol. The van der Waals surface area contributed by atoms with E-state index in [9.17, 15) is 14.4 Å². The number of likely N-dealkylation sites (N-methyl/N-ethyl adjacent to an activating group) is 1. The topological polar surface area (TPSA) is 76.1 Å². The number of fused-ring (bicyclic) bond motifs is 3. The Labute approximate surface area is 212 Å². The molecule has 2 atom stereocenters. The molecule has 2 aromatic rings. The summed E-state index contributed by atoms with van der Waals surface area (Å²) >= 11 is 2.18. The van der Waals surface area contributed by atoms with Gasteiger partial charge in [0, 0.05) is 28.4 Å². The Bertz CT molecular complexity index is 1240. The van der Waals surface area contributed by atoms with Crippen molar-refractivity contribution in [3.63, 3.8) is 0 Å². The van der Waals surface area contributed by atoms with Crippen LogP contribution >= 0.6 is 22.6 Å². The zero-order valence-corrected chi connectivity index (χ0v) is 21.5. The van der Waals surface area contributed by atoms with Crippen LogP contribution in [0.15, 0.2) is 66.9 Å². The number of carbonyl (C=O) groups excluding carboxylic acids is 3. The molecule has 0 unspecified atom stereocenters. The molecule has 4 rings (SSSR count). The first kappa shape index (κ1) is 24.0. The van der Waals surface area contributed by atoms with Crippen LogP contribution in [0, 0.1) is 3.57 Å². The van der Waals surface area contributed by atoms with E-state index in [1.807, 2.05) is 30.3 Å². The normalized spacial score (nSPS) is 21.1. The molecule has 0 bridgehead atoms. The van der Waals surface area contributed by atoms with Crippen LogP contribution in [0.2, 0.25) is 0 Å². The molecule has 0 aromatic heterocycles. The number of para-hydroxylation sites is 1. The first-order chi connectivity index (χ1) is 16.2. The Balaban J connectivity index is 2.15. The number of allylic oxidation sites excluding steroid dienone is 1. The Morgan fingerprint density at radius 1 is 1.18 bits per heavy atom. The SMILES string of the molecule is C=C[C@H]1c2ccccc2N(C(=O)OC(C)C)C=C(C(=O)OC)[C@]12C(=O)N(C)c1ccc(I)cc12. The molecule has 0 fully saturated rings. The predicted octanol–water partition coefficient (Wildman–Crippen LogP) is 4.90. The number of hydrogen-bond acceptors (Lipinski definition) is 5. The van der Waals surface area contributed by atoms with Crippen molar-refractivity contribution in [2.45, 2.75) is 31.3 Å². The van der Waals surface area contributed by atoms with Gasteiger partial charge in [0.15, 0.2) is 0 Å². The Kier molecular flexibility index (Phi) is 6.28. The molecule has 1 spiro atoms. The lowest BCUT2D eigenvalue weighted by Crippen LogP contribution is -2.46. The molecule has 0 radical (unpaired) electrons. The number of amides is 2. The smallest absolute Gasteiger partial charge is 0.418 e. The van der Waals surface area contributed by atoms with Gasteiger partial charge in [0.05, 0.1) is 24.5 Å². The van der Waals surface area contributed by atoms with Crippen LogP contribution in [-0.2, 0) is 24.5 Å². The van der Waals surface area contributed by atoms with E-state index in [0.717, 1.165) is 3.57 Å². The largest absolute Gasteiger partial charge is 0.466 e. The molecule has 176 valence electrons. The van der Waals surface area contributed by atoms with E-state index in [2.05, 4.69) is 29.2 Å². The number of nitrogens with zero attached hydrogens (tertiary/aromatic N) is 2. The van der Waals surface area contributed by atoms with Gasteiger partial charge in [0.25, 0.3) is 0 Å². The molecular weight excluding hydrogens is 547 g/mol. The zero-order valence-electron chi connectivity index (χ0n) is 19.4. The van der Waals surface area contributed by atoms with Crippen molar-refractivity contribution in [1.29, 1.82) is 0 Å². The summed E-state index contributed by atoms with van der Waals surface area (Å²) in [7, 11) is 2.94. The summed E-state index contributed by atoms with van der Waals surface area (Å²) in [6.07, 6.45) is 2.00. The van der Waals surface area contributed by atoms with Gasteiger partial charge < -0.3 is 14.4 Å². The van der Waals surface area contributed by atoms with Crippen molar-refractivity contribution in [2.75, 3.05) is 24.0 Å². The number of anilines is 2. The third kappa shape index (κ3) is 3.43. The van der Waals surface area contributed by atoms with E-state index >= 15 is 0 Å². The molecule has 2 aliphatic heterocycles. The lowest BCUT2D eigenvalue weighted by atomic mass is 9.64. The van der Waals surface area contributed by atoms with Crippen molar-refractivity contribution in [1.82, 2.24) is 0 Å². The maximum absolute atomic E-state index is 14.2. The molecule has 8 heteroatoms. The number of rotatable bonds is 3. The second-order valence-electron chi connectivity index (χ2n) is 8.44. The van der Waals surface area contributed by atoms with E-state index in [4.69, 9.17) is 9.47 Å². The first-order valence-electron chi connectivity index (χ1n) is 10.8. The minimum Gasteiger partial charge on any atom is -0.466 e. The van der Waals surface area contributed by atoms with Crippen molar-refractivity contribution < 1.29 is 23.9 Å². The number of methoxy groups -OCH3 is 1. The highest BCUT2D eigenvalue weighted by atomic mass is 127. The lowest BCUT2D eigenvalue weighted by molar-refractivity contribution is -0.138. The van der Waals surface area contributed by atoms with E-state index in [-0.39, 0.29) is 17.6 Å². The molecule has 0 N–H and O–H groups in total. The van der Waals surface area contributed by atoms with E-state index in [1.54, 1.807) is 44.0 Å². The summed E-state index contributed by atoms with van der Waals surface area (Å²) in [6, 6.07) is 12.9. The molecule has 0 saturated heterocycles. The van der Waals surface area contributed by atoms with Crippen molar-refractivity contribution in [3.8, 4) is 0 Å². The summed E-state index contributed by atoms with van der Waals surface area (Å²) in [4.78, 5) is 43.6. The fraction of sp³-hybridized carbons (Fsp3) is 0.269. The van der Waals surface area contributed by atoms with Gasteiger partial charge in [0.1, 0.15) is 5.41 Å². The van der Waals surface area contributed by atoms with Crippen LogP contribution in [0.3, 0.4) is 0 Å². The molecule has 2 heterocycles. The highest BCUT2D eigenvalue weighted by Gasteiger charge is 2.60. The van der Waals surface area contributed by atoms with Crippen LogP contribution in [-0.4, -0.2) is 38.2 Å². The zero-order chi connectivity index (χ0) is 24.8. The second-order valence-corrected chi connectivity index (χ2v) is 9.69. The van der Waals surface area contributed by atoms with Gasteiger partial charge in [-0.1, -0.05) is 24.3 Å². The Morgan fingerprint density at radius 3 is 2.53 bits per heavy atom. The Morgan fingerprint density at radius 2 is 1.88 bits per heavy atom. The number of halogens is 1. The molecule has 7 nitrogen and oxygen atoms in total. The lowest BCUT2D eigenvalue weighted by Gasteiger charge is -2.35. The molecule has 2 aromatic carbocycles. The molecule has 0 saturated carbocycles. The number of carbonyl (C=O) groups is 3. The fourth-order valence-corrected chi connectivity index (χ4v) is 5.37. The number of ether oxygens (including phenoxy) is 2. The van der Waals surface area contributed by atoms with Crippen molar-refractivity contribution in [2.24, 2.45) is 0 Å². The van der Waals surface area contributed by atoms with E-state index in [0.29, 0.717) is 22.5 Å². The summed E-state index contributed by atoms with van der Waals surface area (Å²) in [5.41, 5.74) is 1.07. The summed E-state index contributed by atoms with van der Waals surface area (Å²) in [5, 5.41) is 0. The van der Waals surface area contributed by atoms with Gasteiger partial charge in [-0.3, -0.25) is 9.69 Å². The summed E-state index contributed by atoms with van der Waals surface area (Å²) in [6.45, 7) is 7.54. The number of benzene rings is 2. The number of esters is 1. The van der Waals surface area contributed by atoms with Gasteiger partial charge in [0.2, 0.25) is 5.91 Å². The summed E-state index contributed by atoms with van der Waals surface area (Å²) in [5.74, 6) is -1.68. The van der Waals surface area contributed by atoms with Crippen LogP contribution < -0.4 is 9.80 Å². The maximum atomic E-state index is 14.2. The minimum atomic E-state index is -1.48. The van der Waals surface area contributed by atoms with Gasteiger partial charge >= 0.3 is 12.1 Å². The van der Waals surface area contributed by atoms with Gasteiger partial charge in [-0.05, 0) is 71.8 Å². The molecule has 34 heavy (non-hydrogen) atoms. The Hall–Kier alpha value is -3.14. The van der Waals surface area contributed by atoms with Crippen molar-refractivity contribution in [3.05, 3.63) is 81.6 Å². The average Bonchev–Trinajstić information content (AvgIpc) is 2.94.